The zero-order chi connectivity index (χ0) is 26.5. The molecule has 3 aromatic carbocycles. The molecule has 0 spiro atoms. The molecule has 3 aromatic rings. The smallest absolute Gasteiger partial charge is 0.300 e. The van der Waals surface area contributed by atoms with Crippen molar-refractivity contribution < 1.29 is 33.6 Å². The standard InChI is InChI=1S/C29H29NO7/c1-5-36-20-11-7-18(8-12-20)26-25(27(31)23-16-15-22(34-3)17-24(23)35-4)28(32)29(33)30(26)19-9-13-21(14-10-19)37-6-2/h7-17,26,31H,5-6H2,1-4H3/b27-25-. The van der Waals surface area contributed by atoms with Gasteiger partial charge in [-0.15, -0.1) is 0 Å². The number of aliphatic hydroxyl groups is 1. The van der Waals surface area contributed by atoms with Crippen molar-refractivity contribution in [2.75, 3.05) is 32.3 Å². The molecule has 1 aliphatic rings. The van der Waals surface area contributed by atoms with Gasteiger partial charge in [0.2, 0.25) is 0 Å². The van der Waals surface area contributed by atoms with E-state index < -0.39 is 17.7 Å². The van der Waals surface area contributed by atoms with Crippen LogP contribution in [0, 0.1) is 0 Å². The summed E-state index contributed by atoms with van der Waals surface area (Å²) in [6, 6.07) is 17.9. The van der Waals surface area contributed by atoms with Crippen molar-refractivity contribution in [2.45, 2.75) is 19.9 Å². The molecule has 1 atom stereocenters. The first kappa shape index (κ1) is 25.6. The first-order valence-electron chi connectivity index (χ1n) is 11.9. The number of ketones is 1. The average molecular weight is 504 g/mol. The number of hydrogen-bond donors (Lipinski definition) is 1. The van der Waals surface area contributed by atoms with Gasteiger partial charge in [-0.25, -0.2) is 0 Å². The largest absolute Gasteiger partial charge is 0.507 e. The van der Waals surface area contributed by atoms with E-state index in [2.05, 4.69) is 0 Å². The lowest BCUT2D eigenvalue weighted by atomic mass is 9.94. The molecule has 37 heavy (non-hydrogen) atoms. The fourth-order valence-corrected chi connectivity index (χ4v) is 4.34. The zero-order valence-corrected chi connectivity index (χ0v) is 21.2. The summed E-state index contributed by atoms with van der Waals surface area (Å²) in [7, 11) is 2.97. The molecule has 8 nitrogen and oxygen atoms in total. The van der Waals surface area contributed by atoms with Crippen LogP contribution in [0.15, 0.2) is 72.3 Å². The highest BCUT2D eigenvalue weighted by Gasteiger charge is 2.47. The number of hydrogen-bond acceptors (Lipinski definition) is 7. The lowest BCUT2D eigenvalue weighted by Gasteiger charge is -2.26. The fourth-order valence-electron chi connectivity index (χ4n) is 4.34. The topological polar surface area (TPSA) is 94.5 Å². The van der Waals surface area contributed by atoms with Gasteiger partial charge >= 0.3 is 0 Å². The van der Waals surface area contributed by atoms with Crippen LogP contribution in [-0.2, 0) is 9.59 Å². The molecule has 4 rings (SSSR count). The van der Waals surface area contributed by atoms with E-state index in [1.54, 1.807) is 66.7 Å². The summed E-state index contributed by atoms with van der Waals surface area (Å²) in [5, 5.41) is 11.4. The highest BCUT2D eigenvalue weighted by molar-refractivity contribution is 6.51. The Morgan fingerprint density at radius 2 is 1.38 bits per heavy atom. The Kier molecular flexibility index (Phi) is 7.67. The van der Waals surface area contributed by atoms with Gasteiger partial charge in [0.1, 0.15) is 28.8 Å². The number of methoxy groups -OCH3 is 2. The van der Waals surface area contributed by atoms with Crippen molar-refractivity contribution >= 4 is 23.1 Å². The quantitative estimate of drug-likeness (QED) is 0.246. The molecule has 0 aliphatic carbocycles. The Hall–Kier alpha value is -4.46. The molecule has 0 aromatic heterocycles. The van der Waals surface area contributed by atoms with Gasteiger partial charge in [-0.3, -0.25) is 14.5 Å². The van der Waals surface area contributed by atoms with Gasteiger partial charge in [-0.2, -0.15) is 0 Å². The SMILES string of the molecule is CCOc1ccc(C2/C(=C(/O)c3ccc(OC)cc3OC)C(=O)C(=O)N2c2ccc(OCC)cc2)cc1. The number of ether oxygens (including phenoxy) is 4. The number of benzene rings is 3. The van der Waals surface area contributed by atoms with Gasteiger partial charge in [-0.1, -0.05) is 12.1 Å². The maximum atomic E-state index is 13.4. The van der Waals surface area contributed by atoms with E-state index in [0.717, 1.165) is 0 Å². The van der Waals surface area contributed by atoms with Crippen LogP contribution in [0.4, 0.5) is 5.69 Å². The van der Waals surface area contributed by atoms with Crippen LogP contribution in [0.25, 0.3) is 5.76 Å². The van der Waals surface area contributed by atoms with Crippen LogP contribution in [0.1, 0.15) is 31.0 Å². The predicted octanol–water partition coefficient (Wildman–Crippen LogP) is 5.13. The summed E-state index contributed by atoms with van der Waals surface area (Å²) in [4.78, 5) is 28.2. The molecule has 0 saturated carbocycles. The Morgan fingerprint density at radius 3 is 1.92 bits per heavy atom. The third kappa shape index (κ3) is 4.95. The minimum atomic E-state index is -0.888. The molecule has 1 saturated heterocycles. The van der Waals surface area contributed by atoms with Crippen molar-refractivity contribution in [3.8, 4) is 23.0 Å². The number of amides is 1. The predicted molar refractivity (Wildman–Crippen MR) is 140 cm³/mol. The van der Waals surface area contributed by atoms with Crippen LogP contribution in [0.5, 0.6) is 23.0 Å². The third-order valence-electron chi connectivity index (χ3n) is 6.04. The molecule has 1 heterocycles. The van der Waals surface area contributed by atoms with Gasteiger partial charge in [0, 0.05) is 11.8 Å². The van der Waals surface area contributed by atoms with Gasteiger partial charge < -0.3 is 24.1 Å². The molecular weight excluding hydrogens is 474 g/mol. The normalized spacial score (nSPS) is 16.5. The molecule has 1 amide bonds. The summed E-state index contributed by atoms with van der Waals surface area (Å²) >= 11 is 0. The van der Waals surface area contributed by atoms with Gasteiger partial charge in [-0.05, 0) is 67.9 Å². The van der Waals surface area contributed by atoms with Crippen molar-refractivity contribution in [1.29, 1.82) is 0 Å². The van der Waals surface area contributed by atoms with E-state index >= 15 is 0 Å². The van der Waals surface area contributed by atoms with E-state index in [1.165, 1.54) is 19.1 Å². The van der Waals surface area contributed by atoms with Crippen LogP contribution >= 0.6 is 0 Å². The summed E-state index contributed by atoms with van der Waals surface area (Å²) in [5.41, 5.74) is 1.34. The third-order valence-corrected chi connectivity index (χ3v) is 6.04. The number of anilines is 1. The van der Waals surface area contributed by atoms with Crippen molar-refractivity contribution in [1.82, 2.24) is 0 Å². The Balaban J connectivity index is 1.90. The van der Waals surface area contributed by atoms with E-state index in [4.69, 9.17) is 18.9 Å². The van der Waals surface area contributed by atoms with Gasteiger partial charge in [0.25, 0.3) is 11.7 Å². The molecule has 8 heteroatoms. The summed E-state index contributed by atoms with van der Waals surface area (Å²) < 4.78 is 21.8. The lowest BCUT2D eigenvalue weighted by Crippen LogP contribution is -2.29. The molecule has 1 unspecified atom stereocenters. The van der Waals surface area contributed by atoms with Crippen LogP contribution in [-0.4, -0.2) is 44.2 Å². The minimum absolute atomic E-state index is 0.0495. The highest BCUT2D eigenvalue weighted by Crippen LogP contribution is 2.44. The number of aliphatic hydroxyl groups excluding tert-OH is 1. The van der Waals surface area contributed by atoms with E-state index in [9.17, 15) is 14.7 Å². The fraction of sp³-hybridized carbons (Fsp3) is 0.241. The van der Waals surface area contributed by atoms with Crippen LogP contribution < -0.4 is 23.8 Å². The van der Waals surface area contributed by atoms with E-state index in [1.807, 2.05) is 13.8 Å². The molecule has 1 N–H and O–H groups in total. The van der Waals surface area contributed by atoms with Crippen LogP contribution in [0.2, 0.25) is 0 Å². The summed E-state index contributed by atoms with van der Waals surface area (Å²) in [5.74, 6) is 0.218. The molecule has 1 aliphatic heterocycles. The molecule has 1 fully saturated rings. The number of Topliss-reactive ketones (excluding diaryl/α,β-unsaturated/α-hetero) is 1. The highest BCUT2D eigenvalue weighted by atomic mass is 16.5. The number of carbonyl (C=O) groups is 2. The number of rotatable bonds is 9. The molecule has 0 radical (unpaired) electrons. The Bertz CT molecular complexity index is 1310. The van der Waals surface area contributed by atoms with Gasteiger partial charge in [0.15, 0.2) is 0 Å². The Morgan fingerprint density at radius 1 is 0.811 bits per heavy atom. The van der Waals surface area contributed by atoms with Gasteiger partial charge in [0.05, 0.1) is 44.6 Å². The van der Waals surface area contributed by atoms with Crippen LogP contribution in [0.3, 0.4) is 0 Å². The Labute approximate surface area is 215 Å². The molecular formula is C29H29NO7. The second-order valence-electron chi connectivity index (χ2n) is 8.16. The lowest BCUT2D eigenvalue weighted by molar-refractivity contribution is -0.132. The second-order valence-corrected chi connectivity index (χ2v) is 8.16. The van der Waals surface area contributed by atoms with Crippen molar-refractivity contribution in [3.63, 3.8) is 0 Å². The number of carbonyl (C=O) groups excluding carboxylic acids is 2. The maximum absolute atomic E-state index is 13.4. The second kappa shape index (κ2) is 11.1. The first-order chi connectivity index (χ1) is 17.9. The summed E-state index contributed by atoms with van der Waals surface area (Å²) in [6.07, 6.45) is 0. The summed E-state index contributed by atoms with van der Waals surface area (Å²) in [6.45, 7) is 4.77. The van der Waals surface area contributed by atoms with E-state index in [0.29, 0.717) is 47.5 Å². The first-order valence-corrected chi connectivity index (χ1v) is 11.9. The minimum Gasteiger partial charge on any atom is -0.507 e. The van der Waals surface area contributed by atoms with Crippen molar-refractivity contribution in [2.24, 2.45) is 0 Å². The average Bonchev–Trinajstić information content (AvgIpc) is 3.19. The monoisotopic (exact) mass is 503 g/mol. The van der Waals surface area contributed by atoms with Crippen molar-refractivity contribution in [3.05, 3.63) is 83.4 Å². The zero-order valence-electron chi connectivity index (χ0n) is 21.2. The maximum Gasteiger partial charge on any atom is 0.300 e. The molecule has 192 valence electrons. The van der Waals surface area contributed by atoms with E-state index in [-0.39, 0.29) is 16.9 Å². The molecule has 0 bridgehead atoms. The number of nitrogens with zero attached hydrogens (tertiary/aromatic N) is 1.